The van der Waals surface area contributed by atoms with Gasteiger partial charge in [0.25, 0.3) is 0 Å². The Morgan fingerprint density at radius 1 is 1.08 bits per heavy atom. The number of ether oxygens (including phenoxy) is 1. The normalized spacial score (nSPS) is 10.6. The van der Waals surface area contributed by atoms with Crippen LogP contribution in [0.15, 0.2) is 54.6 Å². The fourth-order valence-electron chi connectivity index (χ4n) is 2.91. The quantitative estimate of drug-likeness (QED) is 0.651. The van der Waals surface area contributed by atoms with Crippen LogP contribution in [0.3, 0.4) is 0 Å². The fourth-order valence-corrected chi connectivity index (χ4v) is 2.91. The minimum atomic E-state index is -0.348. The molecule has 3 aromatic rings. The van der Waals surface area contributed by atoms with E-state index >= 15 is 0 Å². The predicted molar refractivity (Wildman–Crippen MR) is 104 cm³/mol. The van der Waals surface area contributed by atoms with E-state index < -0.39 is 0 Å². The monoisotopic (exact) mass is 349 g/mol. The average Bonchev–Trinajstić information content (AvgIpc) is 3.00. The Labute approximate surface area is 153 Å². The summed E-state index contributed by atoms with van der Waals surface area (Å²) < 4.78 is 7.09. The van der Waals surface area contributed by atoms with Crippen molar-refractivity contribution in [1.82, 2.24) is 9.78 Å². The molecule has 0 radical (unpaired) electrons. The molecule has 5 nitrogen and oxygen atoms in total. The molecule has 0 spiro atoms. The van der Waals surface area contributed by atoms with E-state index in [2.05, 4.69) is 5.10 Å². The second-order valence-electron chi connectivity index (χ2n) is 6.22. The second-order valence-corrected chi connectivity index (χ2v) is 6.22. The lowest BCUT2D eigenvalue weighted by Crippen LogP contribution is -2.09. The van der Waals surface area contributed by atoms with Crippen molar-refractivity contribution in [2.45, 2.75) is 13.8 Å². The van der Waals surface area contributed by atoms with Gasteiger partial charge >= 0.3 is 5.97 Å². The molecule has 3 rings (SSSR count). The van der Waals surface area contributed by atoms with Crippen molar-refractivity contribution >= 4 is 11.7 Å². The van der Waals surface area contributed by atoms with Gasteiger partial charge in [0.15, 0.2) is 0 Å². The van der Waals surface area contributed by atoms with Gasteiger partial charge < -0.3 is 9.64 Å². The van der Waals surface area contributed by atoms with E-state index in [9.17, 15) is 4.79 Å². The maximum atomic E-state index is 12.6. The summed E-state index contributed by atoms with van der Waals surface area (Å²) in [6.45, 7) is 3.97. The van der Waals surface area contributed by atoms with E-state index in [-0.39, 0.29) is 5.97 Å². The van der Waals surface area contributed by atoms with Gasteiger partial charge in [-0.2, -0.15) is 5.10 Å². The molecule has 134 valence electrons. The number of para-hydroxylation sites is 1. The number of hydrogen-bond acceptors (Lipinski definition) is 4. The minimum Gasteiger partial charge on any atom is -0.462 e. The first-order chi connectivity index (χ1) is 12.5. The molecule has 2 aromatic carbocycles. The molecule has 0 aliphatic rings. The molecule has 0 amide bonds. The molecule has 0 saturated carbocycles. The van der Waals surface area contributed by atoms with Gasteiger partial charge in [-0.25, -0.2) is 9.48 Å². The molecule has 1 heterocycles. The summed E-state index contributed by atoms with van der Waals surface area (Å²) in [6, 6.07) is 17.9. The molecule has 26 heavy (non-hydrogen) atoms. The Morgan fingerprint density at radius 3 is 2.31 bits per heavy atom. The van der Waals surface area contributed by atoms with Gasteiger partial charge in [0, 0.05) is 25.3 Å². The van der Waals surface area contributed by atoms with Crippen LogP contribution in [0.4, 0.5) is 5.69 Å². The van der Waals surface area contributed by atoms with Gasteiger partial charge in [-0.05, 0) is 38.1 Å². The highest BCUT2D eigenvalue weighted by atomic mass is 16.5. The number of aryl methyl sites for hydroxylation is 1. The van der Waals surface area contributed by atoms with Crippen molar-refractivity contribution in [2.75, 3.05) is 25.6 Å². The van der Waals surface area contributed by atoms with Crippen LogP contribution in [0.2, 0.25) is 0 Å². The van der Waals surface area contributed by atoms with E-state index in [1.54, 1.807) is 6.92 Å². The van der Waals surface area contributed by atoms with Crippen molar-refractivity contribution in [2.24, 2.45) is 0 Å². The number of carbonyl (C=O) groups is 1. The Kier molecular flexibility index (Phi) is 5.07. The summed E-state index contributed by atoms with van der Waals surface area (Å²) in [5, 5.41) is 4.62. The topological polar surface area (TPSA) is 47.4 Å². The van der Waals surface area contributed by atoms with Gasteiger partial charge in [-0.15, -0.1) is 0 Å². The lowest BCUT2D eigenvalue weighted by atomic mass is 10.0. The molecule has 5 heteroatoms. The molecule has 0 saturated heterocycles. The van der Waals surface area contributed by atoms with E-state index in [4.69, 9.17) is 4.74 Å². The number of aromatic nitrogens is 2. The number of rotatable bonds is 5. The van der Waals surface area contributed by atoms with Crippen molar-refractivity contribution in [1.29, 1.82) is 0 Å². The van der Waals surface area contributed by atoms with Gasteiger partial charge in [0.05, 0.1) is 23.7 Å². The third-order valence-electron chi connectivity index (χ3n) is 4.20. The van der Waals surface area contributed by atoms with Crippen molar-refractivity contribution in [3.05, 3.63) is 65.9 Å². The standard InChI is InChI=1S/C21H23N3O2/c1-5-26-21(25)19-15(2)22-24(18-9-7-6-8-10-18)20(19)16-11-13-17(14-12-16)23(3)4/h6-14H,5H2,1-4H3. The van der Waals surface area contributed by atoms with E-state index in [1.807, 2.05) is 85.2 Å². The Balaban J connectivity index is 2.21. The summed E-state index contributed by atoms with van der Waals surface area (Å²) in [5.41, 5.74) is 4.82. The van der Waals surface area contributed by atoms with Crippen LogP contribution < -0.4 is 4.90 Å². The van der Waals surface area contributed by atoms with Crippen molar-refractivity contribution in [3.63, 3.8) is 0 Å². The van der Waals surface area contributed by atoms with Gasteiger partial charge in [0.1, 0.15) is 5.56 Å². The first kappa shape index (κ1) is 17.7. The highest BCUT2D eigenvalue weighted by Gasteiger charge is 2.24. The summed E-state index contributed by atoms with van der Waals surface area (Å²) in [5.74, 6) is -0.348. The molecule has 0 unspecified atom stereocenters. The number of anilines is 1. The van der Waals surface area contributed by atoms with Gasteiger partial charge in [-0.1, -0.05) is 30.3 Å². The zero-order valence-electron chi connectivity index (χ0n) is 15.6. The zero-order valence-corrected chi connectivity index (χ0v) is 15.6. The first-order valence-electron chi connectivity index (χ1n) is 8.62. The summed E-state index contributed by atoms with van der Waals surface area (Å²) in [7, 11) is 3.99. The molecule has 0 bridgehead atoms. The van der Waals surface area contributed by atoms with Gasteiger partial charge in [-0.3, -0.25) is 0 Å². The molecule has 0 atom stereocenters. The smallest absolute Gasteiger partial charge is 0.342 e. The molecule has 0 aliphatic carbocycles. The number of carbonyl (C=O) groups excluding carboxylic acids is 1. The number of nitrogens with zero attached hydrogens (tertiary/aromatic N) is 3. The number of hydrogen-bond donors (Lipinski definition) is 0. The van der Waals surface area contributed by atoms with Crippen LogP contribution in [0.25, 0.3) is 16.9 Å². The lowest BCUT2D eigenvalue weighted by Gasteiger charge is -2.14. The zero-order chi connectivity index (χ0) is 18.7. The molecule has 0 aliphatic heterocycles. The number of benzene rings is 2. The van der Waals surface area contributed by atoms with Crippen LogP contribution >= 0.6 is 0 Å². The molecule has 0 N–H and O–H groups in total. The third kappa shape index (κ3) is 3.33. The summed E-state index contributed by atoms with van der Waals surface area (Å²) >= 11 is 0. The second kappa shape index (κ2) is 7.44. The average molecular weight is 349 g/mol. The Bertz CT molecular complexity index is 897. The molecule has 1 aromatic heterocycles. The van der Waals surface area contributed by atoms with Crippen molar-refractivity contribution < 1.29 is 9.53 Å². The largest absolute Gasteiger partial charge is 0.462 e. The Morgan fingerprint density at radius 2 is 1.73 bits per heavy atom. The lowest BCUT2D eigenvalue weighted by molar-refractivity contribution is 0.0526. The van der Waals surface area contributed by atoms with Gasteiger partial charge in [0.2, 0.25) is 0 Å². The first-order valence-corrected chi connectivity index (χ1v) is 8.62. The van der Waals surface area contributed by atoms with E-state index in [0.29, 0.717) is 17.9 Å². The minimum absolute atomic E-state index is 0.327. The highest BCUT2D eigenvalue weighted by molar-refractivity contribution is 5.98. The molecule has 0 fully saturated rings. The third-order valence-corrected chi connectivity index (χ3v) is 4.20. The number of esters is 1. The highest BCUT2D eigenvalue weighted by Crippen LogP contribution is 2.31. The summed E-state index contributed by atoms with van der Waals surface area (Å²) in [6.07, 6.45) is 0. The Hall–Kier alpha value is -3.08. The predicted octanol–water partition coefficient (Wildman–Crippen LogP) is 4.09. The van der Waals surface area contributed by atoms with Crippen LogP contribution in [-0.4, -0.2) is 36.5 Å². The SMILES string of the molecule is CCOC(=O)c1c(C)nn(-c2ccccc2)c1-c1ccc(N(C)C)cc1. The van der Waals surface area contributed by atoms with Crippen LogP contribution in [0.1, 0.15) is 23.0 Å². The van der Waals surface area contributed by atoms with E-state index in [1.165, 1.54) is 0 Å². The van der Waals surface area contributed by atoms with Crippen LogP contribution in [-0.2, 0) is 4.74 Å². The summed E-state index contributed by atoms with van der Waals surface area (Å²) in [4.78, 5) is 14.6. The van der Waals surface area contributed by atoms with E-state index in [0.717, 1.165) is 22.6 Å². The van der Waals surface area contributed by atoms with Crippen LogP contribution in [0, 0.1) is 6.92 Å². The molecular formula is C21H23N3O2. The maximum Gasteiger partial charge on any atom is 0.342 e. The maximum absolute atomic E-state index is 12.6. The molecular weight excluding hydrogens is 326 g/mol. The van der Waals surface area contributed by atoms with Crippen LogP contribution in [0.5, 0.6) is 0 Å². The fraction of sp³-hybridized carbons (Fsp3) is 0.238. The van der Waals surface area contributed by atoms with Crippen molar-refractivity contribution in [3.8, 4) is 16.9 Å².